The number of hydrogen-bond donors (Lipinski definition) is 0. The van der Waals surface area contributed by atoms with Crippen molar-refractivity contribution in [1.29, 1.82) is 0 Å². The average Bonchev–Trinajstić information content (AvgIpc) is 3.67. The molecule has 0 unspecified atom stereocenters. The molecular formula is C74H89BrCl8F3N. The second kappa shape index (κ2) is 41.6. The van der Waals surface area contributed by atoms with Crippen molar-refractivity contribution in [3.63, 3.8) is 0 Å². The normalized spacial score (nSPS) is 10.6. The third-order valence-corrected chi connectivity index (χ3v) is 16.9. The van der Waals surface area contributed by atoms with Crippen LogP contribution in [0.25, 0.3) is 0 Å². The molecule has 0 saturated carbocycles. The zero-order valence-corrected chi connectivity index (χ0v) is 61.6. The van der Waals surface area contributed by atoms with Crippen LogP contribution >= 0.6 is 109 Å². The van der Waals surface area contributed by atoms with Crippen LogP contribution in [0.5, 0.6) is 0 Å². The van der Waals surface area contributed by atoms with Crippen LogP contribution < -0.4 is 0 Å². The predicted octanol–water partition coefficient (Wildman–Crippen LogP) is 29.2. The van der Waals surface area contributed by atoms with E-state index in [1.165, 1.54) is 62.7 Å². The Labute approximate surface area is 570 Å². The molecule has 87 heavy (non-hydrogen) atoms. The maximum absolute atomic E-state index is 13.1. The Balaban J connectivity index is 0.000000498. The Bertz CT molecular complexity index is 3110. The minimum atomic E-state index is -0.710. The van der Waals surface area contributed by atoms with Gasteiger partial charge in [0.05, 0.1) is 10.0 Å². The number of nitrogens with zero attached hydrogens (tertiary/aromatic N) is 1. The predicted molar refractivity (Wildman–Crippen MR) is 384 cm³/mol. The van der Waals surface area contributed by atoms with Crippen LogP contribution in [0.15, 0.2) is 150 Å². The molecular weight excluding hydrogens is 1320 g/mol. The number of rotatable bonds is 8. The first kappa shape index (κ1) is 81.3. The summed E-state index contributed by atoms with van der Waals surface area (Å²) in [6, 6.07) is 43.8. The molecule has 1 heterocycles. The first-order chi connectivity index (χ1) is 40.5. The molecule has 0 aliphatic heterocycles. The van der Waals surface area contributed by atoms with Gasteiger partial charge in [0, 0.05) is 30.8 Å². The largest absolute Gasteiger partial charge is 0.243 e. The Morgan fingerprint density at radius 1 is 0.345 bits per heavy atom. The van der Waals surface area contributed by atoms with Crippen LogP contribution in [0.1, 0.15) is 219 Å². The zero-order chi connectivity index (χ0) is 66.6. The third kappa shape index (κ3) is 30.3. The van der Waals surface area contributed by atoms with Crippen molar-refractivity contribution >= 4 is 109 Å². The fourth-order valence-corrected chi connectivity index (χ4v) is 9.73. The van der Waals surface area contributed by atoms with Gasteiger partial charge in [-0.3, -0.25) is 0 Å². The van der Waals surface area contributed by atoms with E-state index in [0.717, 1.165) is 30.1 Å². The molecule has 0 bridgehead atoms. The third-order valence-electron chi connectivity index (χ3n) is 13.5. The van der Waals surface area contributed by atoms with E-state index in [9.17, 15) is 13.2 Å². The minimum absolute atomic E-state index is 0.0168. The van der Waals surface area contributed by atoms with Crippen molar-refractivity contribution in [2.24, 2.45) is 0 Å². The van der Waals surface area contributed by atoms with Crippen LogP contribution in [-0.4, -0.2) is 4.98 Å². The van der Waals surface area contributed by atoms with Gasteiger partial charge >= 0.3 is 0 Å². The average molecular weight is 1410 g/mol. The highest BCUT2D eigenvalue weighted by Gasteiger charge is 2.14. The lowest BCUT2D eigenvalue weighted by molar-refractivity contribution is 0.566. The standard InChI is InChI=1S/3C10H13Cl.C9H10BrCl.C9H9ClF2.C9H10ClF.C9H12.C8H9Cl2N/c2*1-7(2)10-6-9(11)5-4-8(10)3;1-7(2)9-5-4-6-10(11)8(9)3;1-6(2)7-3-4-8(10)9(11)5-7;1-5(2)6-3-4-7(11)8(10)9(6)12;1-6(2)8-5-7(10)3-4-9(8)11;1-8(2)9-6-4-3-5-7-9;1-5(2)6-3-7(9)8(10)11-4-6/h3*4-7H,1-3H3;3-6H,1-2H3;3-5H,1-2H3;3-6H,1-2H3;3-8H,1-2H3;3-5H,1-2H3. The number of halogens is 12. The molecule has 0 aliphatic carbocycles. The Kier molecular flexibility index (Phi) is 38.9. The molecule has 0 atom stereocenters. The number of pyridine rings is 1. The van der Waals surface area contributed by atoms with Crippen molar-refractivity contribution in [1.82, 2.24) is 4.98 Å². The van der Waals surface area contributed by atoms with E-state index in [2.05, 4.69) is 173 Å². The van der Waals surface area contributed by atoms with Gasteiger partial charge in [0.25, 0.3) is 0 Å². The lowest BCUT2D eigenvalue weighted by Gasteiger charge is -2.09. The molecule has 0 amide bonds. The molecule has 0 fully saturated rings. The molecule has 8 aromatic rings. The van der Waals surface area contributed by atoms with Gasteiger partial charge in [-0.25, -0.2) is 18.2 Å². The SMILES string of the molecule is CC(C)c1cc(Cl)ccc1F.CC(C)c1ccc(Br)c(Cl)c1.CC(C)c1ccc(F)c(Cl)c1F.CC(C)c1ccccc1.CC(C)c1cnc(Cl)c(Cl)c1.Cc1c(Cl)cccc1C(C)C.Cc1ccc(Cl)cc1C(C)C.Cc1ccc(Cl)cc1C(C)C. The highest BCUT2D eigenvalue weighted by atomic mass is 79.9. The van der Waals surface area contributed by atoms with E-state index in [4.69, 9.17) is 92.8 Å². The quantitative estimate of drug-likeness (QED) is 0.109. The summed E-state index contributed by atoms with van der Waals surface area (Å²) in [4.78, 5) is 3.93. The summed E-state index contributed by atoms with van der Waals surface area (Å²) in [7, 11) is 0. The van der Waals surface area contributed by atoms with Gasteiger partial charge in [-0.15, -0.1) is 0 Å². The number of benzene rings is 7. The van der Waals surface area contributed by atoms with Gasteiger partial charge in [0.2, 0.25) is 0 Å². The first-order valence-corrected chi connectivity index (χ1v) is 33.0. The van der Waals surface area contributed by atoms with Gasteiger partial charge in [-0.2, -0.15) is 0 Å². The fourth-order valence-electron chi connectivity index (χ4n) is 8.12. The summed E-state index contributed by atoms with van der Waals surface area (Å²) in [5.74, 6) is 2.01. The Hall–Kier alpha value is -3.72. The molecule has 0 N–H and O–H groups in total. The highest BCUT2D eigenvalue weighted by Crippen LogP contribution is 2.30. The summed E-state index contributed by atoms with van der Waals surface area (Å²) in [5.41, 5.74) is 12.8. The van der Waals surface area contributed by atoms with Gasteiger partial charge < -0.3 is 0 Å². The monoisotopic (exact) mass is 1410 g/mol. The maximum atomic E-state index is 13.1. The number of hydrogen-bond acceptors (Lipinski definition) is 1. The lowest BCUT2D eigenvalue weighted by Crippen LogP contribution is -1.95. The minimum Gasteiger partial charge on any atom is -0.243 e. The number of aryl methyl sites for hydroxylation is 2. The van der Waals surface area contributed by atoms with E-state index in [1.807, 2.05) is 88.4 Å². The molecule has 1 nitrogen and oxygen atoms in total. The lowest BCUT2D eigenvalue weighted by atomic mass is 9.98. The van der Waals surface area contributed by atoms with Crippen molar-refractivity contribution in [2.45, 2.75) is 179 Å². The summed E-state index contributed by atoms with van der Waals surface area (Å²) in [5, 5.41) is 4.40. The summed E-state index contributed by atoms with van der Waals surface area (Å²) < 4.78 is 39.7. The van der Waals surface area contributed by atoms with E-state index < -0.39 is 16.7 Å². The second-order valence-corrected chi connectivity index (χ2v) is 27.4. The van der Waals surface area contributed by atoms with Crippen LogP contribution in [0.3, 0.4) is 0 Å². The summed E-state index contributed by atoms with van der Waals surface area (Å²) in [6.45, 7) is 39.8. The van der Waals surface area contributed by atoms with Crippen LogP contribution in [0, 0.1) is 38.2 Å². The van der Waals surface area contributed by atoms with Crippen LogP contribution in [0.2, 0.25) is 40.3 Å². The van der Waals surface area contributed by atoms with Crippen molar-refractivity contribution in [3.05, 3.63) is 269 Å². The van der Waals surface area contributed by atoms with Gasteiger partial charge in [0.1, 0.15) is 27.6 Å². The maximum Gasteiger partial charge on any atom is 0.148 e. The van der Waals surface area contributed by atoms with E-state index >= 15 is 0 Å². The highest BCUT2D eigenvalue weighted by molar-refractivity contribution is 9.10. The fraction of sp³-hybridized carbons (Fsp3) is 0.365. The Morgan fingerprint density at radius 3 is 1.15 bits per heavy atom. The van der Waals surface area contributed by atoms with Crippen LogP contribution in [0.4, 0.5) is 13.2 Å². The van der Waals surface area contributed by atoms with Crippen molar-refractivity contribution in [2.75, 3.05) is 0 Å². The van der Waals surface area contributed by atoms with Gasteiger partial charge in [-0.1, -0.05) is 270 Å². The molecule has 13 heteroatoms. The molecule has 474 valence electrons. The molecule has 7 aromatic carbocycles. The van der Waals surface area contributed by atoms with Crippen molar-refractivity contribution in [3.8, 4) is 0 Å². The van der Waals surface area contributed by atoms with E-state index in [-0.39, 0.29) is 17.7 Å². The topological polar surface area (TPSA) is 12.9 Å². The van der Waals surface area contributed by atoms with Crippen molar-refractivity contribution < 1.29 is 13.2 Å². The van der Waals surface area contributed by atoms with E-state index in [1.54, 1.807) is 18.3 Å². The molecule has 1 aromatic heterocycles. The summed E-state index contributed by atoms with van der Waals surface area (Å²) in [6.07, 6.45) is 1.75. The van der Waals surface area contributed by atoms with Crippen LogP contribution in [-0.2, 0) is 0 Å². The van der Waals surface area contributed by atoms with Gasteiger partial charge in [0.15, 0.2) is 0 Å². The van der Waals surface area contributed by atoms with E-state index in [0.29, 0.717) is 61.8 Å². The first-order valence-electron chi connectivity index (χ1n) is 29.2. The molecule has 0 saturated heterocycles. The molecule has 8 rings (SSSR count). The molecule has 0 radical (unpaired) electrons. The zero-order valence-electron chi connectivity index (χ0n) is 54.0. The summed E-state index contributed by atoms with van der Waals surface area (Å²) >= 11 is 49.4. The Morgan fingerprint density at radius 2 is 0.770 bits per heavy atom. The van der Waals surface area contributed by atoms with Gasteiger partial charge in [-0.05, 0) is 218 Å². The molecule has 0 aliphatic rings. The number of aromatic nitrogens is 1. The smallest absolute Gasteiger partial charge is 0.148 e. The second-order valence-electron chi connectivity index (χ2n) is 23.2. The molecule has 0 spiro atoms.